The first-order valence-corrected chi connectivity index (χ1v) is 8.35. The van der Waals surface area contributed by atoms with E-state index in [1.54, 1.807) is 12.1 Å². The Kier molecular flexibility index (Phi) is 5.28. The second-order valence-corrected chi connectivity index (χ2v) is 5.98. The van der Waals surface area contributed by atoms with Gasteiger partial charge in [-0.1, -0.05) is 24.3 Å². The molecule has 0 aliphatic heterocycles. The molecule has 5 nitrogen and oxygen atoms in total. The molecule has 1 aromatic heterocycles. The Labute approximate surface area is 145 Å². The number of aryl methyl sites for hydroxylation is 1. The highest BCUT2D eigenvalue weighted by molar-refractivity contribution is 5.75. The summed E-state index contributed by atoms with van der Waals surface area (Å²) in [5.74, 6) is 0.633. The third kappa shape index (κ3) is 4.56. The minimum Gasteiger partial charge on any atom is -0.342 e. The van der Waals surface area contributed by atoms with E-state index >= 15 is 0 Å². The van der Waals surface area contributed by atoms with Crippen molar-refractivity contribution in [3.63, 3.8) is 0 Å². The zero-order chi connectivity index (χ0) is 17.6. The number of hydrogen-bond acceptors (Lipinski definition) is 2. The number of fused-ring (bicyclic) bond motifs is 1. The Morgan fingerprint density at radius 3 is 2.72 bits per heavy atom. The van der Waals surface area contributed by atoms with Gasteiger partial charge in [-0.25, -0.2) is 14.2 Å². The van der Waals surface area contributed by atoms with Gasteiger partial charge >= 0.3 is 6.03 Å². The van der Waals surface area contributed by atoms with Crippen molar-refractivity contribution in [3.05, 3.63) is 65.7 Å². The van der Waals surface area contributed by atoms with Crippen molar-refractivity contribution in [1.82, 2.24) is 20.6 Å². The van der Waals surface area contributed by atoms with E-state index in [1.165, 1.54) is 12.1 Å². The summed E-state index contributed by atoms with van der Waals surface area (Å²) < 4.78 is 12.9. The third-order valence-electron chi connectivity index (χ3n) is 4.03. The summed E-state index contributed by atoms with van der Waals surface area (Å²) in [4.78, 5) is 19.7. The summed E-state index contributed by atoms with van der Waals surface area (Å²) in [5, 5.41) is 5.67. The van der Waals surface area contributed by atoms with Gasteiger partial charge in [0.05, 0.1) is 17.1 Å². The predicted molar refractivity (Wildman–Crippen MR) is 95.8 cm³/mol. The number of nitrogens with zero attached hydrogens (tertiary/aromatic N) is 1. The highest BCUT2D eigenvalue weighted by Gasteiger charge is 2.09. The molecular formula is C19H21FN4O. The lowest BCUT2D eigenvalue weighted by Gasteiger charge is -2.15. The van der Waals surface area contributed by atoms with Crippen molar-refractivity contribution in [2.24, 2.45) is 0 Å². The van der Waals surface area contributed by atoms with Crippen LogP contribution in [0.25, 0.3) is 11.0 Å². The zero-order valence-corrected chi connectivity index (χ0v) is 14.1. The summed E-state index contributed by atoms with van der Waals surface area (Å²) in [7, 11) is 0. The lowest BCUT2D eigenvalue weighted by Crippen LogP contribution is -2.37. The predicted octanol–water partition coefficient (Wildman–Crippen LogP) is 3.70. The summed E-state index contributed by atoms with van der Waals surface area (Å²) in [6, 6.07) is 13.6. The lowest BCUT2D eigenvalue weighted by molar-refractivity contribution is 0.238. The summed E-state index contributed by atoms with van der Waals surface area (Å²) in [6.45, 7) is 2.42. The quantitative estimate of drug-likeness (QED) is 0.599. The van der Waals surface area contributed by atoms with Crippen LogP contribution in [-0.2, 0) is 6.42 Å². The minimum atomic E-state index is -0.286. The normalized spacial score (nSPS) is 12.1. The number of aromatic nitrogens is 2. The van der Waals surface area contributed by atoms with E-state index in [-0.39, 0.29) is 17.9 Å². The van der Waals surface area contributed by atoms with Gasteiger partial charge in [-0.2, -0.15) is 0 Å². The molecule has 0 saturated carbocycles. The number of nitrogens with one attached hydrogen (secondary N) is 3. The van der Waals surface area contributed by atoms with Crippen molar-refractivity contribution < 1.29 is 9.18 Å². The Bertz CT molecular complexity index is 811. The molecule has 2 aromatic carbocycles. The molecule has 3 rings (SSSR count). The van der Waals surface area contributed by atoms with Crippen LogP contribution in [0.4, 0.5) is 9.18 Å². The largest absolute Gasteiger partial charge is 0.342 e. The zero-order valence-electron chi connectivity index (χ0n) is 14.1. The third-order valence-corrected chi connectivity index (χ3v) is 4.03. The molecule has 2 amide bonds. The van der Waals surface area contributed by atoms with Crippen LogP contribution in [0.15, 0.2) is 48.5 Å². The van der Waals surface area contributed by atoms with Crippen molar-refractivity contribution in [3.8, 4) is 0 Å². The molecule has 0 fully saturated rings. The number of rotatable bonds is 6. The molecule has 6 heteroatoms. The second kappa shape index (κ2) is 7.79. The van der Waals surface area contributed by atoms with Gasteiger partial charge in [0, 0.05) is 13.0 Å². The van der Waals surface area contributed by atoms with E-state index < -0.39 is 0 Å². The van der Waals surface area contributed by atoms with Gasteiger partial charge in [0.1, 0.15) is 11.6 Å². The average molecular weight is 340 g/mol. The Morgan fingerprint density at radius 1 is 1.20 bits per heavy atom. The number of halogens is 1. The van der Waals surface area contributed by atoms with Crippen LogP contribution in [0.1, 0.15) is 30.8 Å². The number of carbonyl (C=O) groups is 1. The second-order valence-electron chi connectivity index (χ2n) is 5.98. The maximum Gasteiger partial charge on any atom is 0.315 e. The van der Waals surface area contributed by atoms with Gasteiger partial charge in [0.15, 0.2) is 0 Å². The molecule has 0 aliphatic carbocycles. The topological polar surface area (TPSA) is 69.8 Å². The fourth-order valence-electron chi connectivity index (χ4n) is 2.66. The fourth-order valence-corrected chi connectivity index (χ4v) is 2.66. The van der Waals surface area contributed by atoms with Gasteiger partial charge in [-0.05, 0) is 43.2 Å². The van der Waals surface area contributed by atoms with E-state index in [9.17, 15) is 9.18 Å². The van der Waals surface area contributed by atoms with E-state index in [0.29, 0.717) is 6.54 Å². The van der Waals surface area contributed by atoms with E-state index in [2.05, 4.69) is 20.6 Å². The monoisotopic (exact) mass is 340 g/mol. The minimum absolute atomic E-state index is 0.184. The maximum absolute atomic E-state index is 12.9. The summed E-state index contributed by atoms with van der Waals surface area (Å²) >= 11 is 0. The molecule has 1 atom stereocenters. The van der Waals surface area contributed by atoms with Crippen LogP contribution in [0.2, 0.25) is 0 Å². The first-order valence-electron chi connectivity index (χ1n) is 8.35. The van der Waals surface area contributed by atoms with Gasteiger partial charge in [-0.3, -0.25) is 0 Å². The van der Waals surface area contributed by atoms with Crippen molar-refractivity contribution >= 4 is 17.1 Å². The molecule has 1 heterocycles. The van der Waals surface area contributed by atoms with Gasteiger partial charge < -0.3 is 15.6 Å². The molecule has 25 heavy (non-hydrogen) atoms. The average Bonchev–Trinajstić information content (AvgIpc) is 3.02. The highest BCUT2D eigenvalue weighted by Crippen LogP contribution is 2.13. The highest BCUT2D eigenvalue weighted by atomic mass is 19.1. The molecule has 0 aliphatic rings. The molecule has 3 N–H and O–H groups in total. The molecule has 130 valence electrons. The Morgan fingerprint density at radius 2 is 1.96 bits per heavy atom. The van der Waals surface area contributed by atoms with E-state index in [4.69, 9.17) is 0 Å². The molecule has 0 radical (unpaired) electrons. The first-order chi connectivity index (χ1) is 12.1. The standard InChI is InChI=1S/C19H21FN4O/c1-13(14-8-10-15(20)11-9-14)22-19(25)21-12-4-7-18-23-16-5-2-3-6-17(16)24-18/h2-3,5-6,8-11,13H,4,7,12H2,1H3,(H,23,24)(H2,21,22,25). The van der Waals surface area contributed by atoms with Crippen LogP contribution in [0, 0.1) is 5.82 Å². The van der Waals surface area contributed by atoms with Crippen LogP contribution < -0.4 is 10.6 Å². The molecule has 0 bridgehead atoms. The molecule has 0 spiro atoms. The van der Waals surface area contributed by atoms with Gasteiger partial charge in [-0.15, -0.1) is 0 Å². The number of urea groups is 1. The van der Waals surface area contributed by atoms with Crippen molar-refractivity contribution in [2.45, 2.75) is 25.8 Å². The van der Waals surface area contributed by atoms with Crippen molar-refractivity contribution in [1.29, 1.82) is 0 Å². The Balaban J connectivity index is 1.41. The molecule has 3 aromatic rings. The van der Waals surface area contributed by atoms with Gasteiger partial charge in [0.25, 0.3) is 0 Å². The van der Waals surface area contributed by atoms with Crippen LogP contribution in [0.3, 0.4) is 0 Å². The number of H-pyrrole nitrogens is 1. The van der Waals surface area contributed by atoms with Gasteiger partial charge in [0.2, 0.25) is 0 Å². The SMILES string of the molecule is CC(NC(=O)NCCCc1nc2ccccc2[nH]1)c1ccc(F)cc1. The number of amides is 2. The van der Waals surface area contributed by atoms with Crippen LogP contribution in [0.5, 0.6) is 0 Å². The number of imidazole rings is 1. The number of para-hydroxylation sites is 2. The van der Waals surface area contributed by atoms with E-state index in [0.717, 1.165) is 35.3 Å². The molecular weight excluding hydrogens is 319 g/mol. The summed E-state index contributed by atoms with van der Waals surface area (Å²) in [6.07, 6.45) is 1.56. The molecule has 1 unspecified atom stereocenters. The van der Waals surface area contributed by atoms with E-state index in [1.807, 2.05) is 31.2 Å². The summed E-state index contributed by atoms with van der Waals surface area (Å²) in [5.41, 5.74) is 2.84. The van der Waals surface area contributed by atoms with Crippen LogP contribution >= 0.6 is 0 Å². The smallest absolute Gasteiger partial charge is 0.315 e. The number of benzene rings is 2. The number of hydrogen-bond donors (Lipinski definition) is 3. The maximum atomic E-state index is 12.9. The molecule has 0 saturated heterocycles. The van der Waals surface area contributed by atoms with Crippen molar-refractivity contribution in [2.75, 3.05) is 6.54 Å². The lowest BCUT2D eigenvalue weighted by atomic mass is 10.1. The Hall–Kier alpha value is -2.89. The fraction of sp³-hybridized carbons (Fsp3) is 0.263. The first kappa shape index (κ1) is 17.0. The number of carbonyl (C=O) groups excluding carboxylic acids is 1. The number of aromatic amines is 1. The van der Waals surface area contributed by atoms with Crippen LogP contribution in [-0.4, -0.2) is 22.5 Å².